The smallest absolute Gasteiger partial charge is 0.255 e. The lowest BCUT2D eigenvalue weighted by Gasteiger charge is -2.12. The van der Waals surface area contributed by atoms with E-state index < -0.39 is 0 Å². The largest absolute Gasteiger partial charge is 0.507 e. The summed E-state index contributed by atoms with van der Waals surface area (Å²) < 4.78 is 8.05. The summed E-state index contributed by atoms with van der Waals surface area (Å²) in [4.78, 5) is 15.2. The fourth-order valence-electron chi connectivity index (χ4n) is 3.72. The SMILES string of the molecule is Cc1c(O)c2c([nH]c1=O)-c1cc3cc(CNC(C)CO)n(C)c3cc1OCC2. The second-order valence-corrected chi connectivity index (χ2v) is 7.45. The standard InChI is InChI=1S/C21H25N3O4/c1-11(10-25)22-9-14-6-13-7-16-18(8-17(13)24(14)3)28-5-4-15-19(16)23-21(27)12(2)20(15)26/h6-8,11,22,25H,4-5,9-10H2,1-3H3,(H2,23,26,27). The first-order valence-electron chi connectivity index (χ1n) is 9.45. The van der Waals surface area contributed by atoms with Gasteiger partial charge in [0.25, 0.3) is 5.56 Å². The van der Waals surface area contributed by atoms with Gasteiger partial charge in [0, 0.05) is 54.3 Å². The van der Waals surface area contributed by atoms with Crippen molar-refractivity contribution in [3.63, 3.8) is 0 Å². The Labute approximate surface area is 162 Å². The van der Waals surface area contributed by atoms with Crippen molar-refractivity contribution >= 4 is 10.9 Å². The summed E-state index contributed by atoms with van der Waals surface area (Å²) in [6, 6.07) is 6.08. The maximum Gasteiger partial charge on any atom is 0.255 e. The van der Waals surface area contributed by atoms with E-state index in [-0.39, 0.29) is 24.0 Å². The average molecular weight is 383 g/mol. The molecule has 7 heteroatoms. The molecule has 1 aliphatic rings. The van der Waals surface area contributed by atoms with Gasteiger partial charge in [-0.05, 0) is 26.0 Å². The van der Waals surface area contributed by atoms with Crippen LogP contribution in [0.3, 0.4) is 0 Å². The summed E-state index contributed by atoms with van der Waals surface area (Å²) in [5, 5.41) is 24.0. The van der Waals surface area contributed by atoms with Crippen LogP contribution < -0.4 is 15.6 Å². The minimum atomic E-state index is -0.292. The molecule has 0 radical (unpaired) electrons. The van der Waals surface area contributed by atoms with Crippen LogP contribution in [0.1, 0.15) is 23.7 Å². The van der Waals surface area contributed by atoms with Gasteiger partial charge in [-0.15, -0.1) is 0 Å². The number of benzene rings is 1. The van der Waals surface area contributed by atoms with E-state index in [9.17, 15) is 15.0 Å². The van der Waals surface area contributed by atoms with Gasteiger partial charge in [0.05, 0.1) is 30.0 Å². The molecule has 28 heavy (non-hydrogen) atoms. The number of hydrogen-bond acceptors (Lipinski definition) is 5. The first kappa shape index (κ1) is 18.6. The molecule has 2 aromatic heterocycles. The van der Waals surface area contributed by atoms with Gasteiger partial charge in [-0.2, -0.15) is 0 Å². The Kier molecular flexibility index (Phi) is 4.64. The number of aromatic nitrogens is 2. The number of aliphatic hydroxyl groups excluding tert-OH is 1. The van der Waals surface area contributed by atoms with Gasteiger partial charge < -0.3 is 29.8 Å². The molecule has 0 saturated carbocycles. The van der Waals surface area contributed by atoms with Crippen molar-refractivity contribution in [2.45, 2.75) is 32.9 Å². The third-order valence-corrected chi connectivity index (χ3v) is 5.55. The van der Waals surface area contributed by atoms with Crippen LogP contribution in [0.25, 0.3) is 22.2 Å². The Bertz CT molecular complexity index is 1110. The summed E-state index contributed by atoms with van der Waals surface area (Å²) in [5.41, 5.74) is 4.26. The normalized spacial score (nSPS) is 14.3. The van der Waals surface area contributed by atoms with E-state index in [1.54, 1.807) is 6.92 Å². The molecule has 7 nitrogen and oxygen atoms in total. The van der Waals surface area contributed by atoms with Crippen molar-refractivity contribution in [3.8, 4) is 22.8 Å². The van der Waals surface area contributed by atoms with Gasteiger partial charge in [-0.25, -0.2) is 0 Å². The topological polar surface area (TPSA) is 99.5 Å². The number of hydrogen-bond donors (Lipinski definition) is 4. The molecule has 1 aromatic carbocycles. The van der Waals surface area contributed by atoms with Crippen molar-refractivity contribution in [1.82, 2.24) is 14.9 Å². The van der Waals surface area contributed by atoms with Crippen LogP contribution in [0.4, 0.5) is 0 Å². The number of ether oxygens (including phenoxy) is 1. The molecule has 0 aliphatic carbocycles. The Morgan fingerprint density at radius 1 is 1.36 bits per heavy atom. The number of aromatic amines is 1. The second-order valence-electron chi connectivity index (χ2n) is 7.45. The highest BCUT2D eigenvalue weighted by molar-refractivity contribution is 5.90. The molecule has 1 aliphatic heterocycles. The number of rotatable bonds is 4. The molecule has 0 spiro atoms. The molecule has 0 amide bonds. The predicted octanol–water partition coefficient (Wildman–Crippen LogP) is 1.95. The van der Waals surface area contributed by atoms with Crippen LogP contribution in [0.5, 0.6) is 11.5 Å². The van der Waals surface area contributed by atoms with Crippen LogP contribution in [0, 0.1) is 6.92 Å². The molecule has 3 aromatic rings. The van der Waals surface area contributed by atoms with E-state index in [1.807, 2.05) is 26.1 Å². The summed E-state index contributed by atoms with van der Waals surface area (Å²) in [7, 11) is 2.00. The van der Waals surface area contributed by atoms with E-state index in [0.29, 0.717) is 42.1 Å². The number of aromatic hydroxyl groups is 1. The van der Waals surface area contributed by atoms with E-state index in [2.05, 4.69) is 20.9 Å². The molecular formula is C21H25N3O4. The Morgan fingerprint density at radius 2 is 2.14 bits per heavy atom. The Hall–Kier alpha value is -2.77. The summed E-state index contributed by atoms with van der Waals surface area (Å²) >= 11 is 0. The molecule has 0 saturated heterocycles. The van der Waals surface area contributed by atoms with E-state index in [0.717, 1.165) is 22.2 Å². The molecule has 3 heterocycles. The van der Waals surface area contributed by atoms with Crippen LogP contribution in [0.2, 0.25) is 0 Å². The molecule has 148 valence electrons. The fraction of sp³-hybridized carbons (Fsp3) is 0.381. The summed E-state index contributed by atoms with van der Waals surface area (Å²) in [6.45, 7) is 4.69. The molecule has 0 bridgehead atoms. The zero-order valence-corrected chi connectivity index (χ0v) is 16.3. The van der Waals surface area contributed by atoms with Crippen molar-refractivity contribution in [3.05, 3.63) is 45.4 Å². The lowest BCUT2D eigenvalue weighted by atomic mass is 10.00. The Balaban J connectivity index is 1.86. The highest BCUT2D eigenvalue weighted by Gasteiger charge is 2.23. The number of nitrogens with zero attached hydrogens (tertiary/aromatic N) is 1. The van der Waals surface area contributed by atoms with Crippen LogP contribution in [0.15, 0.2) is 23.0 Å². The molecular weight excluding hydrogens is 358 g/mol. The third-order valence-electron chi connectivity index (χ3n) is 5.55. The van der Waals surface area contributed by atoms with E-state index in [4.69, 9.17) is 4.74 Å². The van der Waals surface area contributed by atoms with Crippen LogP contribution >= 0.6 is 0 Å². The van der Waals surface area contributed by atoms with Crippen molar-refractivity contribution in [2.75, 3.05) is 13.2 Å². The van der Waals surface area contributed by atoms with Gasteiger partial charge >= 0.3 is 0 Å². The monoisotopic (exact) mass is 383 g/mol. The quantitative estimate of drug-likeness (QED) is 0.552. The highest BCUT2D eigenvalue weighted by atomic mass is 16.5. The van der Waals surface area contributed by atoms with Crippen LogP contribution in [-0.2, 0) is 20.0 Å². The maximum absolute atomic E-state index is 12.2. The van der Waals surface area contributed by atoms with Gasteiger partial charge in [0.15, 0.2) is 0 Å². The Morgan fingerprint density at radius 3 is 2.89 bits per heavy atom. The predicted molar refractivity (Wildman–Crippen MR) is 108 cm³/mol. The second kappa shape index (κ2) is 7.00. The van der Waals surface area contributed by atoms with Crippen molar-refractivity contribution < 1.29 is 14.9 Å². The first-order chi connectivity index (χ1) is 13.4. The minimum absolute atomic E-state index is 0.0150. The zero-order chi connectivity index (χ0) is 20.0. The van der Waals surface area contributed by atoms with Gasteiger partial charge in [-0.1, -0.05) is 0 Å². The number of aryl methyl sites for hydroxylation is 1. The van der Waals surface area contributed by atoms with Gasteiger partial charge in [0.2, 0.25) is 0 Å². The zero-order valence-electron chi connectivity index (χ0n) is 16.3. The number of H-pyrrole nitrogens is 1. The van der Waals surface area contributed by atoms with E-state index in [1.165, 1.54) is 0 Å². The summed E-state index contributed by atoms with van der Waals surface area (Å²) in [5.74, 6) is 0.737. The number of fused-ring (bicyclic) bond motifs is 4. The van der Waals surface area contributed by atoms with Crippen molar-refractivity contribution in [1.29, 1.82) is 0 Å². The number of pyridine rings is 1. The third kappa shape index (κ3) is 2.96. The van der Waals surface area contributed by atoms with Crippen molar-refractivity contribution in [2.24, 2.45) is 7.05 Å². The molecule has 1 unspecified atom stereocenters. The lowest BCUT2D eigenvalue weighted by molar-refractivity contribution is 0.250. The molecule has 1 atom stereocenters. The maximum atomic E-state index is 12.2. The summed E-state index contributed by atoms with van der Waals surface area (Å²) in [6.07, 6.45) is 0.526. The lowest BCUT2D eigenvalue weighted by Crippen LogP contribution is -2.29. The highest BCUT2D eigenvalue weighted by Crippen LogP contribution is 2.40. The first-order valence-corrected chi connectivity index (χ1v) is 9.45. The van der Waals surface area contributed by atoms with E-state index >= 15 is 0 Å². The van der Waals surface area contributed by atoms with Gasteiger partial charge in [0.1, 0.15) is 11.5 Å². The fourth-order valence-corrected chi connectivity index (χ4v) is 3.72. The number of aliphatic hydroxyl groups is 1. The van der Waals surface area contributed by atoms with Gasteiger partial charge in [-0.3, -0.25) is 4.79 Å². The number of nitrogens with one attached hydrogen (secondary N) is 2. The minimum Gasteiger partial charge on any atom is -0.507 e. The molecule has 4 rings (SSSR count). The molecule has 4 N–H and O–H groups in total. The molecule has 0 fully saturated rings. The van der Waals surface area contributed by atoms with Crippen LogP contribution in [-0.4, -0.2) is 39.0 Å². The average Bonchev–Trinajstić information content (AvgIpc) is 2.88.